The average Bonchev–Trinajstić information content (AvgIpc) is 2.15. The zero-order valence-electron chi connectivity index (χ0n) is 8.71. The van der Waals surface area contributed by atoms with Crippen LogP contribution in [0.15, 0.2) is 17.0 Å². The van der Waals surface area contributed by atoms with E-state index < -0.39 is 16.7 Å². The second-order valence-corrected chi connectivity index (χ2v) is 5.77. The van der Waals surface area contributed by atoms with E-state index in [1.165, 1.54) is 12.1 Å². The molecule has 0 atom stereocenters. The van der Waals surface area contributed by atoms with E-state index in [2.05, 4.69) is 4.72 Å². The zero-order valence-corrected chi connectivity index (χ0v) is 11.0. The van der Waals surface area contributed by atoms with Crippen molar-refractivity contribution in [1.29, 1.82) is 0 Å². The predicted molar refractivity (Wildman–Crippen MR) is 66.7 cm³/mol. The van der Waals surface area contributed by atoms with Crippen LogP contribution in [0.1, 0.15) is 6.42 Å². The lowest BCUT2D eigenvalue weighted by molar-refractivity contribution is 0.470. The van der Waals surface area contributed by atoms with Crippen LogP contribution in [-0.4, -0.2) is 21.6 Å². The molecule has 0 amide bonds. The smallest absolute Gasteiger partial charge is 0.243 e. The third kappa shape index (κ3) is 3.70. The van der Waals surface area contributed by atoms with E-state index in [9.17, 15) is 12.8 Å². The summed E-state index contributed by atoms with van der Waals surface area (Å²) in [5.74, 6) is 0. The maximum absolute atomic E-state index is 11.9. The Kier molecular flexibility index (Phi) is 5.00. The molecule has 17 heavy (non-hydrogen) atoms. The maximum atomic E-state index is 11.9. The van der Waals surface area contributed by atoms with Crippen LogP contribution in [0.2, 0.25) is 10.0 Å². The van der Waals surface area contributed by atoms with Crippen LogP contribution >= 0.6 is 23.2 Å². The number of hydrogen-bond acceptors (Lipinski definition) is 3. The van der Waals surface area contributed by atoms with Gasteiger partial charge >= 0.3 is 0 Å². The summed E-state index contributed by atoms with van der Waals surface area (Å²) >= 11 is 11.5. The molecule has 0 aliphatic carbocycles. The molecule has 1 rings (SSSR count). The van der Waals surface area contributed by atoms with Crippen molar-refractivity contribution < 1.29 is 12.8 Å². The molecule has 96 valence electrons. The molecule has 0 radical (unpaired) electrons. The number of hydrogen-bond donors (Lipinski definition) is 2. The molecule has 0 saturated carbocycles. The SMILES string of the molecule is Nc1cc(Cl)c(S(=O)(=O)NCCCF)c(Cl)c1. The molecule has 1 aromatic rings. The molecular formula is C9H11Cl2FN2O2S. The van der Waals surface area contributed by atoms with Gasteiger partial charge in [0.25, 0.3) is 0 Å². The number of benzene rings is 1. The topological polar surface area (TPSA) is 72.2 Å². The molecule has 0 unspecified atom stereocenters. The monoisotopic (exact) mass is 300 g/mol. The lowest BCUT2D eigenvalue weighted by Crippen LogP contribution is -2.25. The third-order valence-electron chi connectivity index (χ3n) is 1.89. The molecule has 3 N–H and O–H groups in total. The minimum Gasteiger partial charge on any atom is -0.399 e. The van der Waals surface area contributed by atoms with Gasteiger partial charge in [0.05, 0.1) is 16.7 Å². The Morgan fingerprint density at radius 3 is 2.29 bits per heavy atom. The zero-order chi connectivity index (χ0) is 13.1. The minimum absolute atomic E-state index is 0.0180. The highest BCUT2D eigenvalue weighted by Gasteiger charge is 2.21. The number of sulfonamides is 1. The number of alkyl halides is 1. The molecule has 0 aromatic heterocycles. The van der Waals surface area contributed by atoms with E-state index in [1.807, 2.05) is 0 Å². The Hall–Kier alpha value is -0.560. The van der Waals surface area contributed by atoms with Gasteiger partial charge in [-0.05, 0) is 18.6 Å². The fraction of sp³-hybridized carbons (Fsp3) is 0.333. The van der Waals surface area contributed by atoms with Crippen LogP contribution in [0.25, 0.3) is 0 Å². The fourth-order valence-electron chi connectivity index (χ4n) is 1.18. The maximum Gasteiger partial charge on any atom is 0.243 e. The molecule has 0 spiro atoms. The number of anilines is 1. The van der Waals surface area contributed by atoms with Crippen molar-refractivity contribution in [3.63, 3.8) is 0 Å². The Morgan fingerprint density at radius 2 is 1.82 bits per heavy atom. The lowest BCUT2D eigenvalue weighted by atomic mass is 10.3. The molecular weight excluding hydrogens is 290 g/mol. The van der Waals surface area contributed by atoms with Crippen molar-refractivity contribution in [1.82, 2.24) is 4.72 Å². The average molecular weight is 301 g/mol. The van der Waals surface area contributed by atoms with Crippen molar-refractivity contribution in [2.24, 2.45) is 0 Å². The van der Waals surface area contributed by atoms with E-state index in [-0.39, 0.29) is 33.6 Å². The van der Waals surface area contributed by atoms with Gasteiger partial charge in [-0.1, -0.05) is 23.2 Å². The third-order valence-corrected chi connectivity index (χ3v) is 4.27. The van der Waals surface area contributed by atoms with E-state index in [0.717, 1.165) is 0 Å². The van der Waals surface area contributed by atoms with Gasteiger partial charge in [-0.2, -0.15) is 0 Å². The largest absolute Gasteiger partial charge is 0.399 e. The van der Waals surface area contributed by atoms with Crippen molar-refractivity contribution >= 4 is 38.9 Å². The predicted octanol–water partition coefficient (Wildman–Crippen LogP) is 2.21. The summed E-state index contributed by atoms with van der Waals surface area (Å²) in [6.07, 6.45) is 0.0867. The van der Waals surface area contributed by atoms with Crippen LogP contribution < -0.4 is 10.5 Å². The Morgan fingerprint density at radius 1 is 1.29 bits per heavy atom. The summed E-state index contributed by atoms with van der Waals surface area (Å²) in [7, 11) is -3.85. The van der Waals surface area contributed by atoms with E-state index >= 15 is 0 Å². The van der Waals surface area contributed by atoms with Crippen molar-refractivity contribution in [3.8, 4) is 0 Å². The highest BCUT2D eigenvalue weighted by atomic mass is 35.5. The van der Waals surface area contributed by atoms with Gasteiger partial charge in [-0.3, -0.25) is 4.39 Å². The highest BCUT2D eigenvalue weighted by molar-refractivity contribution is 7.89. The van der Waals surface area contributed by atoms with Crippen molar-refractivity contribution in [3.05, 3.63) is 22.2 Å². The van der Waals surface area contributed by atoms with Crippen LogP contribution in [0.5, 0.6) is 0 Å². The van der Waals surface area contributed by atoms with Gasteiger partial charge in [0.1, 0.15) is 4.90 Å². The van der Waals surface area contributed by atoms with Gasteiger partial charge < -0.3 is 5.73 Å². The fourth-order valence-corrected chi connectivity index (χ4v) is 3.48. The summed E-state index contributed by atoms with van der Waals surface area (Å²) < 4.78 is 37.7. The summed E-state index contributed by atoms with van der Waals surface area (Å²) in [6.45, 7) is -0.623. The van der Waals surface area contributed by atoms with Gasteiger partial charge in [0.2, 0.25) is 10.0 Å². The second-order valence-electron chi connectivity index (χ2n) is 3.25. The molecule has 4 nitrogen and oxygen atoms in total. The molecule has 0 aliphatic heterocycles. The standard InChI is InChI=1S/C9H11Cl2FN2O2S/c10-7-4-6(13)5-8(11)9(7)17(15,16)14-3-1-2-12/h4-5,14H,1-3,13H2. The van der Waals surface area contributed by atoms with Gasteiger partial charge in [0, 0.05) is 12.2 Å². The van der Waals surface area contributed by atoms with E-state index in [1.54, 1.807) is 0 Å². The first-order valence-corrected chi connectivity index (χ1v) is 6.92. The Labute approximate surface area is 109 Å². The first-order valence-electron chi connectivity index (χ1n) is 4.68. The summed E-state index contributed by atoms with van der Waals surface area (Å²) in [5.41, 5.74) is 5.73. The minimum atomic E-state index is -3.85. The van der Waals surface area contributed by atoms with Gasteiger partial charge in [-0.15, -0.1) is 0 Å². The van der Waals surface area contributed by atoms with Crippen LogP contribution in [0, 0.1) is 0 Å². The molecule has 0 aliphatic rings. The lowest BCUT2D eigenvalue weighted by Gasteiger charge is -2.10. The number of halogens is 3. The quantitative estimate of drug-likeness (QED) is 0.647. The molecule has 8 heteroatoms. The first kappa shape index (κ1) is 14.5. The van der Waals surface area contributed by atoms with Crippen LogP contribution in [0.4, 0.5) is 10.1 Å². The number of nitrogens with two attached hydrogens (primary N) is 1. The Bertz CT molecular complexity index is 485. The molecule has 0 saturated heterocycles. The van der Waals surface area contributed by atoms with Crippen LogP contribution in [-0.2, 0) is 10.0 Å². The van der Waals surface area contributed by atoms with Gasteiger partial charge in [-0.25, -0.2) is 13.1 Å². The normalized spacial score (nSPS) is 11.7. The summed E-state index contributed by atoms with van der Waals surface area (Å²) in [6, 6.07) is 2.58. The molecule has 0 bridgehead atoms. The number of nitrogen functional groups attached to an aromatic ring is 1. The Balaban J connectivity index is 3.07. The molecule has 1 aromatic carbocycles. The summed E-state index contributed by atoms with van der Waals surface area (Å²) in [4.78, 5) is -0.242. The van der Waals surface area contributed by atoms with Crippen molar-refractivity contribution in [2.45, 2.75) is 11.3 Å². The van der Waals surface area contributed by atoms with Crippen molar-refractivity contribution in [2.75, 3.05) is 19.0 Å². The number of rotatable bonds is 5. The second kappa shape index (κ2) is 5.86. The van der Waals surface area contributed by atoms with Crippen LogP contribution in [0.3, 0.4) is 0 Å². The number of nitrogens with one attached hydrogen (secondary N) is 1. The van der Waals surface area contributed by atoms with E-state index in [0.29, 0.717) is 0 Å². The molecule has 0 fully saturated rings. The summed E-state index contributed by atoms with van der Waals surface area (Å²) in [5, 5.41) is -0.134. The van der Waals surface area contributed by atoms with Gasteiger partial charge in [0.15, 0.2) is 0 Å². The molecule has 0 heterocycles. The highest BCUT2D eigenvalue weighted by Crippen LogP contribution is 2.31. The first-order chi connectivity index (χ1) is 7.88. The van der Waals surface area contributed by atoms with E-state index in [4.69, 9.17) is 28.9 Å².